The van der Waals surface area contributed by atoms with Gasteiger partial charge in [-0.05, 0) is 73.9 Å². The highest BCUT2D eigenvalue weighted by Crippen LogP contribution is 2.49. The molecule has 9 heteroatoms. The van der Waals surface area contributed by atoms with Crippen molar-refractivity contribution in [2.45, 2.75) is 34.9 Å². The van der Waals surface area contributed by atoms with Gasteiger partial charge in [-0.25, -0.2) is 17.2 Å². The summed E-state index contributed by atoms with van der Waals surface area (Å²) >= 11 is 7.57. The average Bonchev–Trinajstić information content (AvgIpc) is 2.74. The van der Waals surface area contributed by atoms with Crippen molar-refractivity contribution < 1.29 is 21.9 Å². The summed E-state index contributed by atoms with van der Waals surface area (Å²) in [6.45, 7) is 0.770. The molecule has 0 radical (unpaired) electrons. The Labute approximate surface area is 191 Å². The van der Waals surface area contributed by atoms with Crippen LogP contribution in [0.3, 0.4) is 0 Å². The fourth-order valence-corrected chi connectivity index (χ4v) is 6.81. The van der Waals surface area contributed by atoms with Crippen molar-refractivity contribution >= 4 is 33.2 Å². The maximum atomic E-state index is 15.0. The fourth-order valence-electron chi connectivity index (χ4n) is 4.19. The number of nitrogens with two attached hydrogens (primary N) is 1. The van der Waals surface area contributed by atoms with E-state index in [2.05, 4.69) is 0 Å². The van der Waals surface area contributed by atoms with Crippen LogP contribution in [0.4, 0.5) is 8.78 Å². The molecule has 0 spiro atoms. The van der Waals surface area contributed by atoms with E-state index in [1.165, 1.54) is 24.3 Å². The lowest BCUT2D eigenvalue weighted by Crippen LogP contribution is -2.49. The van der Waals surface area contributed by atoms with Crippen LogP contribution in [0.25, 0.3) is 0 Å². The van der Waals surface area contributed by atoms with Gasteiger partial charge >= 0.3 is 0 Å². The summed E-state index contributed by atoms with van der Waals surface area (Å²) in [5.41, 5.74) is 6.13. The first kappa shape index (κ1) is 24.5. The molecule has 4 nitrogen and oxygen atoms in total. The van der Waals surface area contributed by atoms with Crippen LogP contribution < -0.4 is 5.73 Å². The molecule has 0 aromatic heterocycles. The maximum Gasteiger partial charge on any atom is 0.188 e. The SMILES string of the molecule is CSCCOCC1CC(c2cc(F)ccc2F)(S(=O)(=O)c2ccc(Cl)cc2)CCC1N. The normalized spacial score (nSPS) is 24.3. The maximum absolute atomic E-state index is 15.0. The minimum absolute atomic E-state index is 0.0121. The van der Waals surface area contributed by atoms with Crippen molar-refractivity contribution in [1.82, 2.24) is 0 Å². The van der Waals surface area contributed by atoms with E-state index in [0.29, 0.717) is 18.1 Å². The first-order valence-electron chi connectivity index (χ1n) is 9.99. The summed E-state index contributed by atoms with van der Waals surface area (Å²) in [7, 11) is -4.10. The predicted octanol–water partition coefficient (Wildman–Crippen LogP) is 4.79. The molecule has 1 fully saturated rings. The highest BCUT2D eigenvalue weighted by molar-refractivity contribution is 7.98. The van der Waals surface area contributed by atoms with Gasteiger partial charge in [0.15, 0.2) is 9.84 Å². The molecule has 1 saturated carbocycles. The van der Waals surface area contributed by atoms with E-state index in [-0.39, 0.29) is 41.9 Å². The minimum Gasteiger partial charge on any atom is -0.380 e. The van der Waals surface area contributed by atoms with Gasteiger partial charge in [0.25, 0.3) is 0 Å². The first-order valence-corrected chi connectivity index (χ1v) is 13.2. The molecular weight excluding hydrogens is 464 g/mol. The Morgan fingerprint density at radius 2 is 1.94 bits per heavy atom. The van der Waals surface area contributed by atoms with Crippen LogP contribution in [-0.4, -0.2) is 39.7 Å². The van der Waals surface area contributed by atoms with E-state index in [4.69, 9.17) is 22.1 Å². The minimum atomic E-state index is -4.10. The van der Waals surface area contributed by atoms with Gasteiger partial charge in [0.1, 0.15) is 16.4 Å². The lowest BCUT2D eigenvalue weighted by Gasteiger charge is -2.43. The standard InChI is InChI=1S/C22H26ClF2NO3S2/c1-30-11-10-29-14-15-13-22(9-8-21(15)26,19-12-17(24)4-7-20(19)25)31(27,28)18-5-2-16(23)3-6-18/h2-7,12,15,21H,8-11,13-14,26H2,1H3. The van der Waals surface area contributed by atoms with Gasteiger partial charge in [-0.15, -0.1) is 0 Å². The largest absolute Gasteiger partial charge is 0.380 e. The molecule has 0 heterocycles. The molecule has 2 aromatic rings. The Balaban J connectivity index is 2.09. The van der Waals surface area contributed by atoms with Crippen molar-refractivity contribution in [3.05, 3.63) is 64.7 Å². The van der Waals surface area contributed by atoms with Crippen LogP contribution in [0.5, 0.6) is 0 Å². The zero-order valence-corrected chi connectivity index (χ0v) is 19.6. The molecule has 2 N–H and O–H groups in total. The predicted molar refractivity (Wildman–Crippen MR) is 121 cm³/mol. The number of thioether (sulfide) groups is 1. The van der Waals surface area contributed by atoms with Gasteiger partial charge in [0.05, 0.1) is 18.1 Å². The average molecular weight is 490 g/mol. The second-order valence-corrected chi connectivity index (χ2v) is 11.5. The molecule has 0 saturated heterocycles. The van der Waals surface area contributed by atoms with E-state index >= 15 is 0 Å². The third-order valence-corrected chi connectivity index (χ3v) is 9.24. The van der Waals surface area contributed by atoms with Gasteiger partial charge in [-0.3, -0.25) is 0 Å². The van der Waals surface area contributed by atoms with Crippen LogP contribution in [0.15, 0.2) is 47.4 Å². The van der Waals surface area contributed by atoms with Crippen molar-refractivity contribution in [2.24, 2.45) is 11.7 Å². The van der Waals surface area contributed by atoms with E-state index in [9.17, 15) is 17.2 Å². The zero-order chi connectivity index (χ0) is 22.6. The zero-order valence-electron chi connectivity index (χ0n) is 17.2. The monoisotopic (exact) mass is 489 g/mol. The molecule has 1 aliphatic rings. The van der Waals surface area contributed by atoms with Crippen LogP contribution in [0, 0.1) is 17.6 Å². The molecule has 0 aliphatic heterocycles. The van der Waals surface area contributed by atoms with E-state index in [1.807, 2.05) is 6.26 Å². The van der Waals surface area contributed by atoms with E-state index < -0.39 is 26.2 Å². The Kier molecular flexibility index (Phi) is 8.02. The van der Waals surface area contributed by atoms with Crippen molar-refractivity contribution in [1.29, 1.82) is 0 Å². The summed E-state index contributed by atoms with van der Waals surface area (Å²) in [6.07, 6.45) is 2.44. The Bertz CT molecular complexity index is 1000. The Morgan fingerprint density at radius 1 is 1.23 bits per heavy atom. The quantitative estimate of drug-likeness (QED) is 0.540. The summed E-state index contributed by atoms with van der Waals surface area (Å²) in [5, 5.41) is 0.385. The van der Waals surface area contributed by atoms with Gasteiger partial charge in [0, 0.05) is 22.4 Å². The third kappa shape index (κ3) is 5.09. The molecule has 3 unspecified atom stereocenters. The molecule has 170 valence electrons. The van der Waals surface area contributed by atoms with Crippen LogP contribution in [0.2, 0.25) is 5.02 Å². The second kappa shape index (κ2) is 10.2. The Morgan fingerprint density at radius 3 is 2.61 bits per heavy atom. The topological polar surface area (TPSA) is 69.4 Å². The van der Waals surface area contributed by atoms with E-state index in [1.54, 1.807) is 11.8 Å². The number of hydrogen-bond donors (Lipinski definition) is 1. The second-order valence-electron chi connectivity index (χ2n) is 7.81. The molecule has 3 rings (SSSR count). The highest BCUT2D eigenvalue weighted by atomic mass is 35.5. The van der Waals surface area contributed by atoms with Gasteiger partial charge < -0.3 is 10.5 Å². The molecule has 0 bridgehead atoms. The van der Waals surface area contributed by atoms with Gasteiger partial charge in [-0.1, -0.05) is 11.6 Å². The number of halogens is 3. The summed E-state index contributed by atoms with van der Waals surface area (Å²) in [6, 6.07) is 8.40. The van der Waals surface area contributed by atoms with Crippen LogP contribution in [-0.2, 0) is 19.3 Å². The van der Waals surface area contributed by atoms with Gasteiger partial charge in [-0.2, -0.15) is 11.8 Å². The Hall–Kier alpha value is -1.19. The number of sulfone groups is 1. The van der Waals surface area contributed by atoms with Crippen LogP contribution in [0.1, 0.15) is 24.8 Å². The smallest absolute Gasteiger partial charge is 0.188 e. The molecule has 3 atom stereocenters. The third-order valence-electron chi connectivity index (χ3n) is 5.90. The lowest BCUT2D eigenvalue weighted by molar-refractivity contribution is 0.0773. The summed E-state index contributed by atoms with van der Waals surface area (Å²) in [4.78, 5) is 0.0121. The number of ether oxygens (including phenoxy) is 1. The molecule has 31 heavy (non-hydrogen) atoms. The molecule has 2 aromatic carbocycles. The van der Waals surface area contributed by atoms with Crippen LogP contribution >= 0.6 is 23.4 Å². The highest BCUT2D eigenvalue weighted by Gasteiger charge is 2.52. The van der Waals surface area contributed by atoms with E-state index in [0.717, 1.165) is 24.0 Å². The number of hydrogen-bond acceptors (Lipinski definition) is 5. The van der Waals surface area contributed by atoms with Crippen molar-refractivity contribution in [3.63, 3.8) is 0 Å². The summed E-state index contributed by atoms with van der Waals surface area (Å²) < 4.78 is 61.0. The fraction of sp³-hybridized carbons (Fsp3) is 0.455. The van der Waals surface area contributed by atoms with Crippen molar-refractivity contribution in [3.8, 4) is 0 Å². The summed E-state index contributed by atoms with van der Waals surface area (Å²) in [5.74, 6) is -0.962. The molecular formula is C22H26ClF2NO3S2. The number of rotatable bonds is 8. The lowest BCUT2D eigenvalue weighted by atomic mass is 9.74. The number of benzene rings is 2. The van der Waals surface area contributed by atoms with Gasteiger partial charge in [0.2, 0.25) is 0 Å². The first-order chi connectivity index (χ1) is 14.7. The van der Waals surface area contributed by atoms with Crippen molar-refractivity contribution in [2.75, 3.05) is 25.2 Å². The molecule has 0 amide bonds. The molecule has 1 aliphatic carbocycles.